The molecule has 0 aromatic heterocycles. The van der Waals surface area contributed by atoms with Crippen LogP contribution >= 0.6 is 0 Å². The monoisotopic (exact) mass is 271 g/mol. The number of hydrogen-bond donors (Lipinski definition) is 2. The van der Waals surface area contributed by atoms with Gasteiger partial charge in [-0.05, 0) is 37.5 Å². The van der Waals surface area contributed by atoms with Crippen molar-refractivity contribution in [2.45, 2.75) is 44.7 Å². The van der Waals surface area contributed by atoms with Crippen LogP contribution in [0.5, 0.6) is 0 Å². The first-order valence-corrected chi connectivity index (χ1v) is 7.18. The Morgan fingerprint density at radius 3 is 2.60 bits per heavy atom. The number of nitrogens with zero attached hydrogens (tertiary/aromatic N) is 1. The first-order chi connectivity index (χ1) is 9.61. The Morgan fingerprint density at radius 2 is 2.00 bits per heavy atom. The van der Waals surface area contributed by atoms with Crippen molar-refractivity contribution >= 4 is 5.91 Å². The van der Waals surface area contributed by atoms with Crippen LogP contribution in [0.25, 0.3) is 0 Å². The molecule has 0 saturated heterocycles. The Hall–Kier alpha value is -1.86. The van der Waals surface area contributed by atoms with Gasteiger partial charge in [-0.1, -0.05) is 25.0 Å². The highest BCUT2D eigenvalue weighted by molar-refractivity contribution is 5.79. The molecule has 4 heteroatoms. The summed E-state index contributed by atoms with van der Waals surface area (Å²) in [5.74, 6) is -0.0151. The van der Waals surface area contributed by atoms with Crippen LogP contribution < -0.4 is 11.1 Å². The molecule has 1 aliphatic carbocycles. The van der Waals surface area contributed by atoms with Crippen LogP contribution in [0.3, 0.4) is 0 Å². The van der Waals surface area contributed by atoms with Crippen molar-refractivity contribution in [3.05, 3.63) is 35.4 Å². The van der Waals surface area contributed by atoms with Gasteiger partial charge in [-0.3, -0.25) is 4.79 Å². The Kier molecular flexibility index (Phi) is 4.75. The fraction of sp³-hybridized carbons (Fsp3) is 0.500. The number of carbonyl (C=O) groups is 1. The summed E-state index contributed by atoms with van der Waals surface area (Å²) in [6.07, 6.45) is 4.02. The number of benzene rings is 1. The highest BCUT2D eigenvalue weighted by atomic mass is 16.2. The van der Waals surface area contributed by atoms with Gasteiger partial charge in [0.05, 0.1) is 23.6 Å². The van der Waals surface area contributed by atoms with E-state index in [-0.39, 0.29) is 23.9 Å². The van der Waals surface area contributed by atoms with E-state index in [1.165, 1.54) is 0 Å². The van der Waals surface area contributed by atoms with Gasteiger partial charge in [-0.2, -0.15) is 5.26 Å². The Labute approximate surface area is 120 Å². The number of carbonyl (C=O) groups excluding carboxylic acids is 1. The van der Waals surface area contributed by atoms with Gasteiger partial charge in [0.2, 0.25) is 5.91 Å². The van der Waals surface area contributed by atoms with Crippen molar-refractivity contribution in [3.8, 4) is 6.07 Å². The Morgan fingerprint density at radius 1 is 1.35 bits per heavy atom. The van der Waals surface area contributed by atoms with E-state index in [9.17, 15) is 4.79 Å². The van der Waals surface area contributed by atoms with E-state index in [1.807, 2.05) is 19.1 Å². The molecule has 1 amide bonds. The molecule has 0 spiro atoms. The summed E-state index contributed by atoms with van der Waals surface area (Å²) >= 11 is 0. The average Bonchev–Trinajstić information content (AvgIpc) is 2.47. The first kappa shape index (κ1) is 14.5. The minimum atomic E-state index is -0.0654. The summed E-state index contributed by atoms with van der Waals surface area (Å²) < 4.78 is 0. The number of amides is 1. The zero-order chi connectivity index (χ0) is 14.5. The van der Waals surface area contributed by atoms with Gasteiger partial charge in [0.25, 0.3) is 0 Å². The molecule has 2 rings (SSSR count). The largest absolute Gasteiger partial charge is 0.349 e. The molecule has 3 unspecified atom stereocenters. The molecule has 0 heterocycles. The second kappa shape index (κ2) is 6.53. The molecule has 1 aliphatic rings. The van der Waals surface area contributed by atoms with Gasteiger partial charge >= 0.3 is 0 Å². The lowest BCUT2D eigenvalue weighted by molar-refractivity contribution is -0.127. The molecule has 1 aromatic rings. The smallest absolute Gasteiger partial charge is 0.225 e. The van der Waals surface area contributed by atoms with Gasteiger partial charge in [0.1, 0.15) is 0 Å². The van der Waals surface area contributed by atoms with E-state index >= 15 is 0 Å². The molecule has 1 saturated carbocycles. The molecule has 3 atom stereocenters. The maximum Gasteiger partial charge on any atom is 0.225 e. The van der Waals surface area contributed by atoms with Gasteiger partial charge in [-0.15, -0.1) is 0 Å². The number of nitriles is 1. The third kappa shape index (κ3) is 3.37. The van der Waals surface area contributed by atoms with Crippen molar-refractivity contribution in [1.29, 1.82) is 5.26 Å². The van der Waals surface area contributed by atoms with Crippen molar-refractivity contribution in [3.63, 3.8) is 0 Å². The number of hydrogen-bond acceptors (Lipinski definition) is 3. The number of nitrogens with two attached hydrogens (primary N) is 1. The summed E-state index contributed by atoms with van der Waals surface area (Å²) in [5.41, 5.74) is 7.66. The second-order valence-electron chi connectivity index (χ2n) is 5.52. The van der Waals surface area contributed by atoms with Crippen LogP contribution in [-0.2, 0) is 4.79 Å². The van der Waals surface area contributed by atoms with Crippen molar-refractivity contribution < 1.29 is 4.79 Å². The Bertz CT molecular complexity index is 503. The van der Waals surface area contributed by atoms with E-state index in [1.54, 1.807) is 12.1 Å². The predicted molar refractivity (Wildman–Crippen MR) is 77.6 cm³/mol. The van der Waals surface area contributed by atoms with Gasteiger partial charge < -0.3 is 11.1 Å². The SMILES string of the molecule is CC(NC(=O)C1CCCCC1N)c1ccc(C#N)cc1. The van der Waals surface area contributed by atoms with Crippen LogP contribution in [-0.4, -0.2) is 11.9 Å². The van der Waals surface area contributed by atoms with Crippen molar-refractivity contribution in [1.82, 2.24) is 5.32 Å². The predicted octanol–water partition coefficient (Wildman–Crippen LogP) is 2.25. The summed E-state index contributed by atoms with van der Waals surface area (Å²) in [4.78, 5) is 12.3. The van der Waals surface area contributed by atoms with Crippen LogP contribution in [0, 0.1) is 17.2 Å². The zero-order valence-electron chi connectivity index (χ0n) is 11.8. The highest BCUT2D eigenvalue weighted by Gasteiger charge is 2.28. The molecule has 4 nitrogen and oxygen atoms in total. The molecule has 1 fully saturated rings. The van der Waals surface area contributed by atoms with Crippen LogP contribution in [0.15, 0.2) is 24.3 Å². The van der Waals surface area contributed by atoms with Gasteiger partial charge in [0.15, 0.2) is 0 Å². The van der Waals surface area contributed by atoms with Crippen LogP contribution in [0.2, 0.25) is 0 Å². The minimum absolute atomic E-state index is 0.0167. The lowest BCUT2D eigenvalue weighted by atomic mass is 9.84. The maximum atomic E-state index is 12.3. The summed E-state index contributed by atoms with van der Waals surface area (Å²) in [5, 5.41) is 11.8. The van der Waals surface area contributed by atoms with E-state index in [0.717, 1.165) is 31.2 Å². The van der Waals surface area contributed by atoms with Gasteiger partial charge in [0, 0.05) is 6.04 Å². The summed E-state index contributed by atoms with van der Waals surface area (Å²) in [6, 6.07) is 9.30. The molecule has 20 heavy (non-hydrogen) atoms. The first-order valence-electron chi connectivity index (χ1n) is 7.18. The van der Waals surface area contributed by atoms with Crippen LogP contribution in [0.1, 0.15) is 49.8 Å². The molecule has 0 bridgehead atoms. The molecule has 1 aromatic carbocycles. The lowest BCUT2D eigenvalue weighted by Crippen LogP contribution is -2.44. The standard InChI is InChI=1S/C16H21N3O/c1-11(13-8-6-12(10-17)7-9-13)19-16(20)14-4-2-3-5-15(14)18/h6-9,11,14-15H,2-5,18H2,1H3,(H,19,20). The Balaban J connectivity index is 1.97. The highest BCUT2D eigenvalue weighted by Crippen LogP contribution is 2.24. The molecular weight excluding hydrogens is 250 g/mol. The van der Waals surface area contributed by atoms with Crippen molar-refractivity contribution in [2.75, 3.05) is 0 Å². The molecular formula is C16H21N3O. The third-order valence-corrected chi connectivity index (χ3v) is 4.05. The summed E-state index contributed by atoms with van der Waals surface area (Å²) in [6.45, 7) is 1.95. The topological polar surface area (TPSA) is 78.9 Å². The molecule has 0 aliphatic heterocycles. The van der Waals surface area contributed by atoms with E-state index in [0.29, 0.717) is 5.56 Å². The average molecular weight is 271 g/mol. The zero-order valence-corrected chi connectivity index (χ0v) is 11.8. The fourth-order valence-electron chi connectivity index (χ4n) is 2.74. The lowest BCUT2D eigenvalue weighted by Gasteiger charge is -2.28. The van der Waals surface area contributed by atoms with E-state index < -0.39 is 0 Å². The number of nitrogens with one attached hydrogen (secondary N) is 1. The second-order valence-corrected chi connectivity index (χ2v) is 5.52. The molecule has 106 valence electrons. The summed E-state index contributed by atoms with van der Waals surface area (Å²) in [7, 11) is 0. The van der Waals surface area contributed by atoms with Crippen molar-refractivity contribution in [2.24, 2.45) is 11.7 Å². The van der Waals surface area contributed by atoms with Crippen LogP contribution in [0.4, 0.5) is 0 Å². The fourth-order valence-corrected chi connectivity index (χ4v) is 2.74. The third-order valence-electron chi connectivity index (χ3n) is 4.05. The quantitative estimate of drug-likeness (QED) is 0.885. The normalized spacial score (nSPS) is 23.6. The minimum Gasteiger partial charge on any atom is -0.349 e. The maximum absolute atomic E-state index is 12.3. The van der Waals surface area contributed by atoms with E-state index in [2.05, 4.69) is 11.4 Å². The van der Waals surface area contributed by atoms with E-state index in [4.69, 9.17) is 11.0 Å². The van der Waals surface area contributed by atoms with Gasteiger partial charge in [-0.25, -0.2) is 0 Å². The molecule has 3 N–H and O–H groups in total. The number of rotatable bonds is 3. The molecule has 0 radical (unpaired) electrons.